The van der Waals surface area contributed by atoms with Crippen molar-refractivity contribution in [1.29, 1.82) is 0 Å². The van der Waals surface area contributed by atoms with Crippen LogP contribution in [0.1, 0.15) is 53.9 Å². The molecule has 0 saturated carbocycles. The molecule has 1 aliphatic carbocycles. The van der Waals surface area contributed by atoms with Gasteiger partial charge in [0.1, 0.15) is 6.10 Å². The molecule has 0 aromatic carbocycles. The molecular formula is C17H30O4. The van der Waals surface area contributed by atoms with Crippen LogP contribution < -0.4 is 0 Å². The molecule has 4 heteroatoms. The second kappa shape index (κ2) is 8.69. The minimum Gasteiger partial charge on any atom is -0.252 e. The Hall–Kier alpha value is -0.680. The van der Waals surface area contributed by atoms with Crippen molar-refractivity contribution < 1.29 is 19.9 Å². The normalized spacial score (nSPS) is 27.0. The molecule has 21 heavy (non-hydrogen) atoms. The Kier molecular flexibility index (Phi) is 7.60. The zero-order valence-electron chi connectivity index (χ0n) is 14.0. The van der Waals surface area contributed by atoms with Gasteiger partial charge in [0.15, 0.2) is 0 Å². The predicted octanol–water partition coefficient (Wildman–Crippen LogP) is 4.53. The van der Waals surface area contributed by atoms with E-state index < -0.39 is 0 Å². The van der Waals surface area contributed by atoms with Crippen LogP contribution in [0, 0.1) is 11.3 Å². The Morgan fingerprint density at radius 2 is 2.00 bits per heavy atom. The second-order valence-electron chi connectivity index (χ2n) is 6.52. The summed E-state index contributed by atoms with van der Waals surface area (Å²) in [7, 11) is 0. The third-order valence-electron chi connectivity index (χ3n) is 4.42. The first-order valence-electron chi connectivity index (χ1n) is 7.86. The van der Waals surface area contributed by atoms with Gasteiger partial charge in [0.25, 0.3) is 0 Å². The van der Waals surface area contributed by atoms with Crippen molar-refractivity contribution in [2.24, 2.45) is 11.3 Å². The van der Waals surface area contributed by atoms with Crippen molar-refractivity contribution in [1.82, 2.24) is 0 Å². The van der Waals surface area contributed by atoms with Crippen molar-refractivity contribution in [3.8, 4) is 0 Å². The number of hydrogen-bond acceptors (Lipinski definition) is 4. The van der Waals surface area contributed by atoms with Crippen LogP contribution in [0.4, 0.5) is 0 Å². The molecule has 4 nitrogen and oxygen atoms in total. The summed E-state index contributed by atoms with van der Waals surface area (Å²) >= 11 is 0. The lowest BCUT2D eigenvalue weighted by molar-refractivity contribution is -0.331. The number of hydrogen-bond donors (Lipinski definition) is 1. The Bertz CT molecular complexity index is 362. The van der Waals surface area contributed by atoms with Crippen LogP contribution in [-0.4, -0.2) is 24.1 Å². The van der Waals surface area contributed by atoms with Crippen molar-refractivity contribution in [3.05, 3.63) is 23.8 Å². The maximum atomic E-state index is 8.47. The summed E-state index contributed by atoms with van der Waals surface area (Å²) in [5, 5.41) is 8.47. The van der Waals surface area contributed by atoms with E-state index in [1.807, 2.05) is 6.92 Å². The fourth-order valence-electron chi connectivity index (χ4n) is 2.30. The summed E-state index contributed by atoms with van der Waals surface area (Å²) in [5.74, 6) is 0.467. The van der Waals surface area contributed by atoms with Crippen LogP contribution in [0.25, 0.3) is 0 Å². The van der Waals surface area contributed by atoms with Gasteiger partial charge in [-0.05, 0) is 45.1 Å². The van der Waals surface area contributed by atoms with Gasteiger partial charge in [-0.3, -0.25) is 5.26 Å². The monoisotopic (exact) mass is 298 g/mol. The van der Waals surface area contributed by atoms with Gasteiger partial charge in [0.05, 0.1) is 12.7 Å². The first-order valence-corrected chi connectivity index (χ1v) is 7.86. The molecule has 0 fully saturated rings. The molecule has 0 aromatic heterocycles. The van der Waals surface area contributed by atoms with Gasteiger partial charge in [-0.25, -0.2) is 14.7 Å². The second-order valence-corrected chi connectivity index (χ2v) is 6.52. The highest BCUT2D eigenvalue weighted by Crippen LogP contribution is 2.38. The molecule has 1 rings (SSSR count). The molecule has 0 saturated heterocycles. The Morgan fingerprint density at radius 3 is 2.62 bits per heavy atom. The zero-order chi connectivity index (χ0) is 15.9. The van der Waals surface area contributed by atoms with E-state index in [4.69, 9.17) is 15.0 Å². The zero-order valence-corrected chi connectivity index (χ0v) is 14.0. The Balaban J connectivity index is 2.34. The van der Waals surface area contributed by atoms with Gasteiger partial charge in [0.2, 0.25) is 0 Å². The van der Waals surface area contributed by atoms with E-state index in [1.165, 1.54) is 5.57 Å². The highest BCUT2D eigenvalue weighted by atomic mass is 17.2. The van der Waals surface area contributed by atoms with Gasteiger partial charge >= 0.3 is 0 Å². The van der Waals surface area contributed by atoms with E-state index in [0.29, 0.717) is 12.5 Å². The molecule has 1 aliphatic rings. The SMILES string of the molecule is CC1=CC(OOCCCCC(C)OO)C(C)(C(C)C)C=C1. The molecule has 122 valence electrons. The van der Waals surface area contributed by atoms with Crippen molar-refractivity contribution in [2.75, 3.05) is 6.61 Å². The number of unbranched alkanes of at least 4 members (excludes halogenated alkanes) is 1. The largest absolute Gasteiger partial charge is 0.252 e. The van der Waals surface area contributed by atoms with Crippen molar-refractivity contribution in [3.63, 3.8) is 0 Å². The lowest BCUT2D eigenvalue weighted by Crippen LogP contribution is -2.38. The summed E-state index contributed by atoms with van der Waals surface area (Å²) in [6, 6.07) is 0. The highest BCUT2D eigenvalue weighted by Gasteiger charge is 2.37. The molecule has 3 atom stereocenters. The maximum Gasteiger partial charge on any atom is 0.121 e. The molecule has 1 N–H and O–H groups in total. The Labute approximate surface area is 128 Å². The van der Waals surface area contributed by atoms with Crippen LogP contribution in [0.5, 0.6) is 0 Å². The fraction of sp³-hybridized carbons (Fsp3) is 0.765. The van der Waals surface area contributed by atoms with Crippen LogP contribution in [0.15, 0.2) is 23.8 Å². The van der Waals surface area contributed by atoms with Gasteiger partial charge in [0, 0.05) is 5.41 Å². The molecule has 0 heterocycles. The first-order chi connectivity index (χ1) is 9.90. The fourth-order valence-corrected chi connectivity index (χ4v) is 2.30. The van der Waals surface area contributed by atoms with Gasteiger partial charge in [-0.15, -0.1) is 0 Å². The number of rotatable bonds is 9. The van der Waals surface area contributed by atoms with Crippen LogP contribution in [0.3, 0.4) is 0 Å². The van der Waals surface area contributed by atoms with E-state index in [1.54, 1.807) is 0 Å². The van der Waals surface area contributed by atoms with E-state index >= 15 is 0 Å². The standard InChI is InChI=1S/C17H30O4/c1-13(2)17(5)10-9-14(3)12-16(17)21-19-11-7-6-8-15(4)20-18/h9-10,12-13,15-16,18H,6-8,11H2,1-5H3. The summed E-state index contributed by atoms with van der Waals surface area (Å²) < 4.78 is 0. The number of allylic oxidation sites excluding steroid dienone is 2. The van der Waals surface area contributed by atoms with E-state index in [2.05, 4.69) is 50.8 Å². The van der Waals surface area contributed by atoms with E-state index in [-0.39, 0.29) is 17.6 Å². The maximum absolute atomic E-state index is 8.47. The molecule has 0 aromatic rings. The lowest BCUT2D eigenvalue weighted by Gasteiger charge is -2.38. The molecule has 0 spiro atoms. The van der Waals surface area contributed by atoms with Crippen LogP contribution in [-0.2, 0) is 14.7 Å². The molecule has 0 bridgehead atoms. The first kappa shape index (κ1) is 18.4. The Morgan fingerprint density at radius 1 is 1.29 bits per heavy atom. The molecule has 0 amide bonds. The summed E-state index contributed by atoms with van der Waals surface area (Å²) in [4.78, 5) is 15.3. The topological polar surface area (TPSA) is 47.9 Å². The average Bonchev–Trinajstić information content (AvgIpc) is 2.45. The summed E-state index contributed by atoms with van der Waals surface area (Å²) in [6.07, 6.45) is 8.96. The van der Waals surface area contributed by atoms with Gasteiger partial charge < -0.3 is 0 Å². The van der Waals surface area contributed by atoms with Crippen molar-refractivity contribution >= 4 is 0 Å². The minimum absolute atomic E-state index is 0.0429. The van der Waals surface area contributed by atoms with Crippen LogP contribution in [0.2, 0.25) is 0 Å². The minimum atomic E-state index is -0.121. The molecule has 0 radical (unpaired) electrons. The predicted molar refractivity (Wildman–Crippen MR) is 83.7 cm³/mol. The molecule has 3 unspecified atom stereocenters. The van der Waals surface area contributed by atoms with Gasteiger partial charge in [-0.1, -0.05) is 38.5 Å². The lowest BCUT2D eigenvalue weighted by atomic mass is 9.71. The van der Waals surface area contributed by atoms with Crippen molar-refractivity contribution in [2.45, 2.75) is 66.1 Å². The van der Waals surface area contributed by atoms with Crippen LogP contribution >= 0.6 is 0 Å². The summed E-state index contributed by atoms with van der Waals surface area (Å²) in [5.41, 5.74) is 1.16. The van der Waals surface area contributed by atoms with E-state index in [0.717, 1.165) is 19.3 Å². The van der Waals surface area contributed by atoms with Gasteiger partial charge in [-0.2, -0.15) is 0 Å². The third-order valence-corrected chi connectivity index (χ3v) is 4.42. The third kappa shape index (κ3) is 5.55. The van der Waals surface area contributed by atoms with E-state index in [9.17, 15) is 0 Å². The highest BCUT2D eigenvalue weighted by molar-refractivity contribution is 5.28. The molecular weight excluding hydrogens is 268 g/mol. The average molecular weight is 298 g/mol. The smallest absolute Gasteiger partial charge is 0.121 e. The quantitative estimate of drug-likeness (QED) is 0.386. The summed E-state index contributed by atoms with van der Waals surface area (Å²) in [6.45, 7) is 11.1. The molecule has 0 aliphatic heterocycles.